The lowest BCUT2D eigenvalue weighted by atomic mass is 9.75. The minimum absolute atomic E-state index is 0.0265. The summed E-state index contributed by atoms with van der Waals surface area (Å²) in [4.78, 5) is 26.6. The summed E-state index contributed by atoms with van der Waals surface area (Å²) in [7, 11) is -2.87. The number of hydrogen-bond acceptors (Lipinski definition) is 4. The summed E-state index contributed by atoms with van der Waals surface area (Å²) in [6.07, 6.45) is 3.75. The minimum atomic E-state index is -2.87. The molecule has 0 aromatic heterocycles. The molecule has 0 spiro atoms. The molecule has 7 heteroatoms. The normalized spacial score (nSPS) is 12.1. The molecule has 0 amide bonds. The molecule has 0 heterocycles. The van der Waals surface area contributed by atoms with E-state index in [1.807, 2.05) is 19.1 Å². The predicted octanol–water partition coefficient (Wildman–Crippen LogP) is 4.69. The Morgan fingerprint density at radius 3 is 2.00 bits per heavy atom. The van der Waals surface area contributed by atoms with Gasteiger partial charge in [0.25, 0.3) is 0 Å². The third-order valence-electron chi connectivity index (χ3n) is 4.94. The van der Waals surface area contributed by atoms with Gasteiger partial charge in [-0.15, -0.1) is 9.79 Å². The van der Waals surface area contributed by atoms with E-state index in [1.165, 1.54) is 5.56 Å². The lowest BCUT2D eigenvalue weighted by molar-refractivity contribution is -0.150. The lowest BCUT2D eigenvalue weighted by Crippen LogP contribution is -2.28. The van der Waals surface area contributed by atoms with Gasteiger partial charge >= 0.3 is 14.2 Å². The van der Waals surface area contributed by atoms with Crippen LogP contribution in [-0.2, 0) is 19.5 Å². The van der Waals surface area contributed by atoms with Gasteiger partial charge in [0.2, 0.25) is 0 Å². The van der Waals surface area contributed by atoms with Crippen LogP contribution in [0.2, 0.25) is 0 Å². The molecule has 0 aliphatic carbocycles. The Hall–Kier alpha value is -1.49. The Labute approximate surface area is 163 Å². The van der Waals surface area contributed by atoms with Gasteiger partial charge in [-0.3, -0.25) is 4.79 Å². The van der Waals surface area contributed by atoms with E-state index in [9.17, 15) is 9.90 Å². The summed E-state index contributed by atoms with van der Waals surface area (Å²) >= 11 is 0. The molecule has 0 aliphatic rings. The van der Waals surface area contributed by atoms with E-state index >= 15 is 0 Å². The smallest absolute Gasteiger partial charge is 0.508 e. The molecule has 1 aromatic rings. The molecule has 1 rings (SSSR count). The predicted molar refractivity (Wildman–Crippen MR) is 107 cm³/mol. The van der Waals surface area contributed by atoms with Gasteiger partial charge in [-0.25, -0.2) is 0 Å². The molecule has 154 valence electrons. The summed E-state index contributed by atoms with van der Waals surface area (Å²) in [5, 5.41) is 9.45. The summed E-state index contributed by atoms with van der Waals surface area (Å²) in [6, 6.07) is 7.37. The van der Waals surface area contributed by atoms with Crippen molar-refractivity contribution in [2.45, 2.75) is 65.7 Å². The van der Waals surface area contributed by atoms with Crippen LogP contribution in [0.4, 0.5) is 0 Å². The van der Waals surface area contributed by atoms with Gasteiger partial charge in [0, 0.05) is 4.57 Å². The molecule has 0 radical (unpaired) electrons. The van der Waals surface area contributed by atoms with Crippen molar-refractivity contribution >= 4 is 14.2 Å². The maximum atomic E-state index is 12.3. The second-order valence-electron chi connectivity index (χ2n) is 7.16. The fourth-order valence-corrected chi connectivity index (χ4v) is 3.23. The Balaban J connectivity index is 0.00000153. The van der Waals surface area contributed by atoms with E-state index in [2.05, 4.69) is 27.7 Å². The van der Waals surface area contributed by atoms with E-state index in [-0.39, 0.29) is 23.1 Å². The highest BCUT2D eigenvalue weighted by molar-refractivity contribution is 7.30. The highest BCUT2D eigenvalue weighted by Crippen LogP contribution is 2.34. The molecule has 1 atom stereocenters. The van der Waals surface area contributed by atoms with Gasteiger partial charge in [0.05, 0.1) is 12.5 Å². The van der Waals surface area contributed by atoms with Crippen molar-refractivity contribution < 1.29 is 29.0 Å². The van der Waals surface area contributed by atoms with Gasteiger partial charge < -0.3 is 9.84 Å². The molecule has 0 saturated heterocycles. The molecule has 6 nitrogen and oxygen atoms in total. The third-order valence-corrected chi connectivity index (χ3v) is 4.94. The number of aromatic hydroxyl groups is 1. The van der Waals surface area contributed by atoms with E-state index in [0.717, 1.165) is 25.7 Å². The van der Waals surface area contributed by atoms with Crippen molar-refractivity contribution in [3.63, 3.8) is 0 Å². The van der Waals surface area contributed by atoms with Crippen LogP contribution >= 0.6 is 8.25 Å². The molecule has 0 bridgehead atoms. The van der Waals surface area contributed by atoms with Crippen LogP contribution in [0.5, 0.6) is 5.75 Å². The first-order chi connectivity index (χ1) is 12.6. The van der Waals surface area contributed by atoms with Crippen molar-refractivity contribution in [1.82, 2.24) is 0 Å². The van der Waals surface area contributed by atoms with E-state index < -0.39 is 8.25 Å². The van der Waals surface area contributed by atoms with Crippen molar-refractivity contribution in [1.29, 1.82) is 0 Å². The van der Waals surface area contributed by atoms with Crippen LogP contribution in [0.25, 0.3) is 0 Å². The highest BCUT2D eigenvalue weighted by atomic mass is 31.1. The van der Waals surface area contributed by atoms with E-state index in [0.29, 0.717) is 12.5 Å². The molecule has 1 unspecified atom stereocenters. The molecule has 0 aliphatic heterocycles. The van der Waals surface area contributed by atoms with Crippen molar-refractivity contribution in [3.05, 3.63) is 29.8 Å². The number of benzene rings is 1. The number of carbonyl (C=O) groups is 1. The molecule has 3 N–H and O–H groups in total. The first-order valence-electron chi connectivity index (χ1n) is 9.40. The molecule has 0 saturated carbocycles. The highest BCUT2D eigenvalue weighted by Gasteiger charge is 2.30. The van der Waals surface area contributed by atoms with E-state index in [1.54, 1.807) is 12.1 Å². The number of esters is 1. The van der Waals surface area contributed by atoms with Gasteiger partial charge in [-0.2, -0.15) is 0 Å². The topological polar surface area (TPSA) is 104 Å². The van der Waals surface area contributed by atoms with Crippen LogP contribution in [0.3, 0.4) is 0 Å². The standard InChI is InChI=1S/C20H32O3.HO3P/c1-6-15(7-2)18(19(22)23-8-3)13-14-20(4,5)16-9-11-17(21)12-10-16;1-4(2)3/h9-12,15,18,21H,6-8,13-14H2,1-5H3;(H-,1,2,3)/p+1. The largest absolute Gasteiger partial charge is 0.692 e. The van der Waals surface area contributed by atoms with Crippen LogP contribution in [0.15, 0.2) is 24.3 Å². The fraction of sp³-hybridized carbons (Fsp3) is 0.650. The Bertz CT molecular complexity index is 562. The number of phenols is 1. The molecular weight excluding hydrogens is 367 g/mol. The third kappa shape index (κ3) is 9.85. The zero-order valence-electron chi connectivity index (χ0n) is 17.0. The Morgan fingerprint density at radius 1 is 1.11 bits per heavy atom. The van der Waals surface area contributed by atoms with Gasteiger partial charge in [-0.1, -0.05) is 52.7 Å². The average Bonchev–Trinajstić information content (AvgIpc) is 2.58. The quantitative estimate of drug-likeness (QED) is 0.409. The summed E-state index contributed by atoms with van der Waals surface area (Å²) < 4.78 is 14.0. The van der Waals surface area contributed by atoms with Crippen molar-refractivity contribution in [2.75, 3.05) is 6.61 Å². The zero-order valence-corrected chi connectivity index (χ0v) is 17.9. The number of hydrogen-bond donors (Lipinski definition) is 3. The second kappa shape index (κ2) is 12.8. The Kier molecular flexibility index (Phi) is 12.1. The number of carbonyl (C=O) groups excluding carboxylic acids is 1. The number of phenolic OH excluding ortho intramolecular Hbond substituents is 1. The van der Waals surface area contributed by atoms with Gasteiger partial charge in [0.15, 0.2) is 0 Å². The van der Waals surface area contributed by atoms with E-state index in [4.69, 9.17) is 19.1 Å². The van der Waals surface area contributed by atoms with Crippen molar-refractivity contribution in [3.8, 4) is 5.75 Å². The van der Waals surface area contributed by atoms with Crippen LogP contribution in [0, 0.1) is 11.8 Å². The number of ether oxygens (including phenoxy) is 1. The first kappa shape index (κ1) is 25.5. The average molecular weight is 401 g/mol. The minimum Gasteiger partial charge on any atom is -0.508 e. The maximum absolute atomic E-state index is 12.3. The summed E-state index contributed by atoms with van der Waals surface area (Å²) in [5.74, 6) is 0.583. The van der Waals surface area contributed by atoms with Crippen molar-refractivity contribution in [2.24, 2.45) is 11.8 Å². The molecule has 0 fully saturated rings. The lowest BCUT2D eigenvalue weighted by Gasteiger charge is -2.30. The zero-order chi connectivity index (χ0) is 21.0. The fourth-order valence-electron chi connectivity index (χ4n) is 3.23. The van der Waals surface area contributed by atoms with Crippen LogP contribution < -0.4 is 0 Å². The first-order valence-corrected chi connectivity index (χ1v) is 10.6. The van der Waals surface area contributed by atoms with Gasteiger partial charge in [0.1, 0.15) is 5.75 Å². The van der Waals surface area contributed by atoms with Crippen LogP contribution in [-0.4, -0.2) is 27.5 Å². The summed E-state index contributed by atoms with van der Waals surface area (Å²) in [5.41, 5.74) is 1.15. The summed E-state index contributed by atoms with van der Waals surface area (Å²) in [6.45, 7) is 11.0. The number of rotatable bonds is 9. The molecule has 1 aromatic carbocycles. The Morgan fingerprint density at radius 2 is 1.59 bits per heavy atom. The van der Waals surface area contributed by atoms with Crippen LogP contribution in [0.1, 0.15) is 65.9 Å². The second-order valence-corrected chi connectivity index (χ2v) is 7.66. The maximum Gasteiger partial charge on any atom is 0.692 e. The molecular formula is C20H34O6P+. The monoisotopic (exact) mass is 401 g/mol. The molecule has 27 heavy (non-hydrogen) atoms. The van der Waals surface area contributed by atoms with Gasteiger partial charge in [-0.05, 0) is 48.8 Å². The SMILES string of the molecule is CCOC(=O)C(CCC(C)(C)c1ccc(O)cc1)C(CC)CC.O=[P+](O)O.